The fourth-order valence-corrected chi connectivity index (χ4v) is 2.32. The monoisotopic (exact) mass is 257 g/mol. The van der Waals surface area contributed by atoms with Crippen LogP contribution < -0.4 is 10.5 Å². The molecule has 0 spiro atoms. The third-order valence-electron chi connectivity index (χ3n) is 2.65. The topological polar surface area (TPSA) is 69.4 Å². The fraction of sp³-hybridized carbons (Fsp3) is 0.500. The maximum Gasteiger partial charge on any atom is 0.147 e. The van der Waals surface area contributed by atoms with E-state index in [1.807, 2.05) is 25.1 Å². The van der Waals surface area contributed by atoms with Crippen LogP contribution >= 0.6 is 0 Å². The highest BCUT2D eigenvalue weighted by molar-refractivity contribution is 7.90. The van der Waals surface area contributed by atoms with Gasteiger partial charge >= 0.3 is 0 Å². The highest BCUT2D eigenvalue weighted by Crippen LogP contribution is 2.23. The van der Waals surface area contributed by atoms with Crippen molar-refractivity contribution in [3.8, 4) is 5.75 Å². The van der Waals surface area contributed by atoms with Gasteiger partial charge in [0.1, 0.15) is 15.6 Å². The Morgan fingerprint density at radius 3 is 2.53 bits per heavy atom. The number of benzene rings is 1. The largest absolute Gasteiger partial charge is 0.496 e. The first kappa shape index (κ1) is 14.0. The van der Waals surface area contributed by atoms with Crippen molar-refractivity contribution in [2.24, 2.45) is 5.73 Å². The molecule has 1 aromatic rings. The van der Waals surface area contributed by atoms with Crippen molar-refractivity contribution in [3.05, 3.63) is 29.3 Å². The Bertz CT molecular complexity index is 483. The number of aryl methyl sites for hydroxylation is 1. The normalized spacial score (nSPS) is 13.4. The molecule has 0 fully saturated rings. The van der Waals surface area contributed by atoms with Crippen LogP contribution in [0.3, 0.4) is 0 Å². The summed E-state index contributed by atoms with van der Waals surface area (Å²) in [5.41, 5.74) is 7.89. The predicted molar refractivity (Wildman–Crippen MR) is 69.0 cm³/mol. The van der Waals surface area contributed by atoms with E-state index in [2.05, 4.69) is 0 Å². The van der Waals surface area contributed by atoms with Crippen molar-refractivity contribution in [3.63, 3.8) is 0 Å². The number of rotatable bonds is 5. The van der Waals surface area contributed by atoms with Gasteiger partial charge in [0.25, 0.3) is 0 Å². The SMILES string of the molecule is COc1ccc(C(N)CCS(C)(=O)=O)cc1C. The molecule has 5 heteroatoms. The van der Waals surface area contributed by atoms with Crippen LogP contribution in [-0.4, -0.2) is 27.5 Å². The smallest absolute Gasteiger partial charge is 0.147 e. The van der Waals surface area contributed by atoms with Crippen molar-refractivity contribution >= 4 is 9.84 Å². The number of hydrogen-bond acceptors (Lipinski definition) is 4. The molecular formula is C12H19NO3S. The van der Waals surface area contributed by atoms with Crippen molar-refractivity contribution in [1.82, 2.24) is 0 Å². The molecule has 0 amide bonds. The third kappa shape index (κ3) is 4.36. The van der Waals surface area contributed by atoms with E-state index < -0.39 is 9.84 Å². The van der Waals surface area contributed by atoms with Crippen LogP contribution in [0.2, 0.25) is 0 Å². The summed E-state index contributed by atoms with van der Waals surface area (Å²) in [6.07, 6.45) is 1.66. The van der Waals surface area contributed by atoms with E-state index in [1.165, 1.54) is 6.26 Å². The van der Waals surface area contributed by atoms with Crippen molar-refractivity contribution in [1.29, 1.82) is 0 Å². The van der Waals surface area contributed by atoms with Gasteiger partial charge < -0.3 is 10.5 Å². The van der Waals surface area contributed by atoms with Gasteiger partial charge in [0.2, 0.25) is 0 Å². The number of nitrogens with two attached hydrogens (primary N) is 1. The molecule has 1 unspecified atom stereocenters. The highest BCUT2D eigenvalue weighted by atomic mass is 32.2. The second-order valence-electron chi connectivity index (χ2n) is 4.25. The lowest BCUT2D eigenvalue weighted by Gasteiger charge is -2.13. The Morgan fingerprint density at radius 2 is 2.06 bits per heavy atom. The molecule has 0 aliphatic heterocycles. The molecule has 0 radical (unpaired) electrons. The number of sulfone groups is 1. The third-order valence-corrected chi connectivity index (χ3v) is 3.62. The van der Waals surface area contributed by atoms with Crippen molar-refractivity contribution in [2.45, 2.75) is 19.4 Å². The van der Waals surface area contributed by atoms with Crippen molar-refractivity contribution in [2.75, 3.05) is 19.1 Å². The molecule has 0 aliphatic carbocycles. The van der Waals surface area contributed by atoms with Gasteiger partial charge in [0.15, 0.2) is 0 Å². The first-order valence-corrected chi connectivity index (χ1v) is 7.47. The van der Waals surface area contributed by atoms with Crippen LogP contribution in [-0.2, 0) is 9.84 Å². The summed E-state index contributed by atoms with van der Waals surface area (Å²) in [7, 11) is -1.34. The lowest BCUT2D eigenvalue weighted by Crippen LogP contribution is -2.15. The molecular weight excluding hydrogens is 238 g/mol. The summed E-state index contributed by atoms with van der Waals surface area (Å²) in [5.74, 6) is 0.920. The number of ether oxygens (including phenoxy) is 1. The lowest BCUT2D eigenvalue weighted by atomic mass is 10.0. The molecule has 1 rings (SSSR count). The quantitative estimate of drug-likeness (QED) is 0.866. The molecule has 0 aliphatic rings. The Labute approximate surface area is 103 Å². The van der Waals surface area contributed by atoms with Gasteiger partial charge in [-0.2, -0.15) is 0 Å². The van der Waals surface area contributed by atoms with Crippen LogP contribution in [0.1, 0.15) is 23.6 Å². The van der Waals surface area contributed by atoms with Gasteiger partial charge in [-0.05, 0) is 30.5 Å². The summed E-state index contributed by atoms with van der Waals surface area (Å²) in [6, 6.07) is 5.41. The average Bonchev–Trinajstić information content (AvgIpc) is 2.24. The molecule has 4 nitrogen and oxygen atoms in total. The van der Waals surface area contributed by atoms with E-state index in [1.54, 1.807) is 7.11 Å². The second-order valence-corrected chi connectivity index (χ2v) is 6.51. The van der Waals surface area contributed by atoms with Gasteiger partial charge in [0, 0.05) is 12.3 Å². The molecule has 1 atom stereocenters. The van der Waals surface area contributed by atoms with Crippen LogP contribution in [0.4, 0.5) is 0 Å². The van der Waals surface area contributed by atoms with Gasteiger partial charge in [-0.25, -0.2) is 8.42 Å². The summed E-state index contributed by atoms with van der Waals surface area (Å²) in [4.78, 5) is 0. The van der Waals surface area contributed by atoms with E-state index in [0.29, 0.717) is 6.42 Å². The zero-order chi connectivity index (χ0) is 13.1. The Balaban J connectivity index is 2.76. The van der Waals surface area contributed by atoms with Gasteiger partial charge in [-0.15, -0.1) is 0 Å². The molecule has 0 saturated heterocycles. The summed E-state index contributed by atoms with van der Waals surface area (Å²) in [6.45, 7) is 1.94. The van der Waals surface area contributed by atoms with Crippen molar-refractivity contribution < 1.29 is 13.2 Å². The molecule has 1 aromatic carbocycles. The zero-order valence-corrected chi connectivity index (χ0v) is 11.3. The first-order chi connectivity index (χ1) is 7.83. The number of hydrogen-bond donors (Lipinski definition) is 1. The van der Waals surface area contributed by atoms with Gasteiger partial charge in [0.05, 0.1) is 12.9 Å². The minimum atomic E-state index is -2.95. The molecule has 0 aromatic heterocycles. The van der Waals surface area contributed by atoms with Crippen LogP contribution in [0, 0.1) is 6.92 Å². The van der Waals surface area contributed by atoms with E-state index in [4.69, 9.17) is 10.5 Å². The Kier molecular flexibility index (Phi) is 4.54. The van der Waals surface area contributed by atoms with Crippen LogP contribution in [0.5, 0.6) is 5.75 Å². The molecule has 17 heavy (non-hydrogen) atoms. The Morgan fingerprint density at radius 1 is 1.41 bits per heavy atom. The van der Waals surface area contributed by atoms with Crippen LogP contribution in [0.15, 0.2) is 18.2 Å². The minimum Gasteiger partial charge on any atom is -0.496 e. The van der Waals surface area contributed by atoms with Crippen LogP contribution in [0.25, 0.3) is 0 Å². The molecule has 0 heterocycles. The lowest BCUT2D eigenvalue weighted by molar-refractivity contribution is 0.411. The molecule has 96 valence electrons. The van der Waals surface area contributed by atoms with E-state index in [9.17, 15) is 8.42 Å². The average molecular weight is 257 g/mol. The number of methoxy groups -OCH3 is 1. The maximum absolute atomic E-state index is 11.1. The van der Waals surface area contributed by atoms with E-state index in [0.717, 1.165) is 16.9 Å². The maximum atomic E-state index is 11.1. The molecule has 0 saturated carbocycles. The van der Waals surface area contributed by atoms with E-state index in [-0.39, 0.29) is 11.8 Å². The fourth-order valence-electron chi connectivity index (χ4n) is 1.64. The molecule has 2 N–H and O–H groups in total. The van der Waals surface area contributed by atoms with E-state index >= 15 is 0 Å². The summed E-state index contributed by atoms with van der Waals surface area (Å²) in [5, 5.41) is 0. The predicted octanol–water partition coefficient (Wildman–Crippen LogP) is 1.44. The summed E-state index contributed by atoms with van der Waals surface area (Å²) < 4.78 is 27.3. The Hall–Kier alpha value is -1.07. The standard InChI is InChI=1S/C12H19NO3S/c1-9-8-10(4-5-12(9)16-2)11(13)6-7-17(3,14)15/h4-5,8,11H,6-7,13H2,1-3H3. The first-order valence-electron chi connectivity index (χ1n) is 5.41. The second kappa shape index (κ2) is 5.51. The van der Waals surface area contributed by atoms with Gasteiger partial charge in [-0.3, -0.25) is 0 Å². The minimum absolute atomic E-state index is 0.110. The highest BCUT2D eigenvalue weighted by Gasteiger charge is 2.11. The van der Waals surface area contributed by atoms with Gasteiger partial charge in [-0.1, -0.05) is 12.1 Å². The summed E-state index contributed by atoms with van der Waals surface area (Å²) >= 11 is 0. The zero-order valence-electron chi connectivity index (χ0n) is 10.4. The molecule has 0 bridgehead atoms.